The van der Waals surface area contributed by atoms with E-state index in [1.54, 1.807) is 23.2 Å². The Morgan fingerprint density at radius 3 is 2.76 bits per heavy atom. The highest BCUT2D eigenvalue weighted by atomic mass is 35.5. The minimum atomic E-state index is -0.165. The van der Waals surface area contributed by atoms with Gasteiger partial charge < -0.3 is 14.6 Å². The van der Waals surface area contributed by atoms with Crippen molar-refractivity contribution in [2.24, 2.45) is 0 Å². The number of nitrogens with one attached hydrogen (secondary N) is 1. The van der Waals surface area contributed by atoms with Gasteiger partial charge in [0.2, 0.25) is 11.8 Å². The Morgan fingerprint density at radius 1 is 1.17 bits per heavy atom. The lowest BCUT2D eigenvalue weighted by Gasteiger charge is -2.19. The summed E-state index contributed by atoms with van der Waals surface area (Å²) in [5.41, 5.74) is 2.14. The van der Waals surface area contributed by atoms with Crippen LogP contribution in [0.25, 0.3) is 11.3 Å². The van der Waals surface area contributed by atoms with Crippen LogP contribution in [0, 0.1) is 0 Å². The molecule has 0 atom stereocenters. The zero-order valence-corrected chi connectivity index (χ0v) is 16.5. The number of hydrogen-bond acceptors (Lipinski definition) is 4. The molecule has 0 bridgehead atoms. The van der Waals surface area contributed by atoms with Crippen molar-refractivity contribution in [2.75, 3.05) is 16.8 Å². The molecule has 0 spiro atoms. The number of oxazole rings is 1. The molecule has 2 aromatic carbocycles. The highest BCUT2D eigenvalue weighted by Crippen LogP contribution is 2.30. The monoisotopic (exact) mass is 409 g/mol. The summed E-state index contributed by atoms with van der Waals surface area (Å²) in [4.78, 5) is 30.5. The molecule has 0 saturated carbocycles. The van der Waals surface area contributed by atoms with Gasteiger partial charge in [-0.1, -0.05) is 35.9 Å². The Bertz CT molecular complexity index is 1050. The standard InChI is InChI=1S/C22H20ClN3O3/c23-16-7-2-1-6-15(16)19-14-24-21(29-19)12-11-20(27)25-17-8-3-4-9-18(17)26-13-5-10-22(26)28/h1-4,6-9,14H,5,10-13H2,(H,25,27). The van der Waals surface area contributed by atoms with Crippen molar-refractivity contribution in [3.05, 3.63) is 65.6 Å². The molecule has 0 aliphatic carbocycles. The number of carbonyl (C=O) groups is 2. The van der Waals surface area contributed by atoms with Gasteiger partial charge in [0.25, 0.3) is 0 Å². The Labute approximate surface area is 173 Å². The van der Waals surface area contributed by atoms with E-state index in [-0.39, 0.29) is 18.2 Å². The third kappa shape index (κ3) is 4.32. The SMILES string of the molecule is O=C(CCc1ncc(-c2ccccc2Cl)o1)Nc1ccccc1N1CCCC1=O. The number of carbonyl (C=O) groups excluding carboxylic acids is 2. The quantitative estimate of drug-likeness (QED) is 0.640. The fourth-order valence-electron chi connectivity index (χ4n) is 3.36. The van der Waals surface area contributed by atoms with Crippen LogP contribution in [0.5, 0.6) is 0 Å². The van der Waals surface area contributed by atoms with Crippen molar-refractivity contribution in [2.45, 2.75) is 25.7 Å². The highest BCUT2D eigenvalue weighted by molar-refractivity contribution is 6.33. The molecule has 1 N–H and O–H groups in total. The number of amides is 2. The Balaban J connectivity index is 1.39. The van der Waals surface area contributed by atoms with Crippen molar-refractivity contribution in [3.8, 4) is 11.3 Å². The third-order valence-electron chi connectivity index (χ3n) is 4.80. The van der Waals surface area contributed by atoms with E-state index in [2.05, 4.69) is 10.3 Å². The van der Waals surface area contributed by atoms with Crippen molar-refractivity contribution in [1.82, 2.24) is 4.98 Å². The van der Waals surface area contributed by atoms with Gasteiger partial charge in [0.1, 0.15) is 0 Å². The number of benzene rings is 2. The molecule has 1 aliphatic rings. The van der Waals surface area contributed by atoms with E-state index >= 15 is 0 Å². The van der Waals surface area contributed by atoms with Crippen LogP contribution in [-0.2, 0) is 16.0 Å². The van der Waals surface area contributed by atoms with Gasteiger partial charge in [-0.05, 0) is 30.7 Å². The molecule has 1 fully saturated rings. The maximum Gasteiger partial charge on any atom is 0.227 e. The molecule has 1 aromatic heterocycles. The van der Waals surface area contributed by atoms with Gasteiger partial charge >= 0.3 is 0 Å². The van der Waals surface area contributed by atoms with E-state index in [9.17, 15) is 9.59 Å². The Kier molecular flexibility index (Phi) is 5.62. The van der Waals surface area contributed by atoms with Gasteiger partial charge in [-0.15, -0.1) is 0 Å². The Morgan fingerprint density at radius 2 is 1.97 bits per heavy atom. The molecule has 6 nitrogen and oxygen atoms in total. The van der Waals surface area contributed by atoms with Crippen molar-refractivity contribution in [1.29, 1.82) is 0 Å². The van der Waals surface area contributed by atoms with E-state index in [0.29, 0.717) is 41.7 Å². The smallest absolute Gasteiger partial charge is 0.227 e. The normalized spacial score (nSPS) is 13.7. The first-order chi connectivity index (χ1) is 14.1. The molecule has 148 valence electrons. The predicted molar refractivity (Wildman–Crippen MR) is 112 cm³/mol. The topological polar surface area (TPSA) is 75.4 Å². The number of rotatable bonds is 6. The molecule has 1 saturated heterocycles. The van der Waals surface area contributed by atoms with Gasteiger partial charge in [0.05, 0.1) is 22.6 Å². The van der Waals surface area contributed by atoms with Gasteiger partial charge in [-0.3, -0.25) is 9.59 Å². The fourth-order valence-corrected chi connectivity index (χ4v) is 3.59. The van der Waals surface area contributed by atoms with Gasteiger partial charge in [-0.25, -0.2) is 4.98 Å². The molecule has 29 heavy (non-hydrogen) atoms. The molecule has 0 radical (unpaired) electrons. The number of aryl methyl sites for hydroxylation is 1. The highest BCUT2D eigenvalue weighted by Gasteiger charge is 2.24. The maximum atomic E-state index is 12.5. The Hall–Kier alpha value is -3.12. The first-order valence-electron chi connectivity index (χ1n) is 9.50. The van der Waals surface area contributed by atoms with Crippen LogP contribution in [0.3, 0.4) is 0 Å². The fraction of sp³-hybridized carbons (Fsp3) is 0.227. The largest absolute Gasteiger partial charge is 0.441 e. The average molecular weight is 410 g/mol. The lowest BCUT2D eigenvalue weighted by Crippen LogP contribution is -2.25. The molecule has 4 rings (SSSR count). The first-order valence-corrected chi connectivity index (χ1v) is 9.88. The number of nitrogens with zero attached hydrogens (tertiary/aromatic N) is 2. The van der Waals surface area contributed by atoms with Crippen LogP contribution in [0.15, 0.2) is 59.1 Å². The summed E-state index contributed by atoms with van der Waals surface area (Å²) < 4.78 is 5.74. The molecule has 3 aromatic rings. The molecular weight excluding hydrogens is 390 g/mol. The van der Waals surface area contributed by atoms with Gasteiger partial charge in [0.15, 0.2) is 11.7 Å². The van der Waals surface area contributed by atoms with Crippen LogP contribution in [0.4, 0.5) is 11.4 Å². The number of para-hydroxylation sites is 2. The van der Waals surface area contributed by atoms with Crippen molar-refractivity contribution in [3.63, 3.8) is 0 Å². The van der Waals surface area contributed by atoms with Gasteiger partial charge in [-0.2, -0.15) is 0 Å². The second-order valence-electron chi connectivity index (χ2n) is 6.81. The zero-order chi connectivity index (χ0) is 20.2. The summed E-state index contributed by atoms with van der Waals surface area (Å²) in [6, 6.07) is 14.7. The minimum absolute atomic E-state index is 0.0820. The molecule has 0 unspecified atom stereocenters. The summed E-state index contributed by atoms with van der Waals surface area (Å²) >= 11 is 6.18. The number of halogens is 1. The predicted octanol–water partition coefficient (Wildman–Crippen LogP) is 4.69. The third-order valence-corrected chi connectivity index (χ3v) is 5.13. The van der Waals surface area contributed by atoms with Crippen LogP contribution < -0.4 is 10.2 Å². The maximum absolute atomic E-state index is 12.5. The number of anilines is 2. The summed E-state index contributed by atoms with van der Waals surface area (Å²) in [5.74, 6) is 0.960. The molecule has 7 heteroatoms. The van der Waals surface area contributed by atoms with Crippen LogP contribution in [0.2, 0.25) is 5.02 Å². The number of aromatic nitrogens is 1. The van der Waals surface area contributed by atoms with Crippen LogP contribution >= 0.6 is 11.6 Å². The summed E-state index contributed by atoms with van der Waals surface area (Å²) in [6.45, 7) is 0.673. The lowest BCUT2D eigenvalue weighted by atomic mass is 10.2. The van der Waals surface area contributed by atoms with E-state index < -0.39 is 0 Å². The zero-order valence-electron chi connectivity index (χ0n) is 15.7. The minimum Gasteiger partial charge on any atom is -0.441 e. The second kappa shape index (κ2) is 8.49. The van der Waals surface area contributed by atoms with Crippen molar-refractivity contribution >= 4 is 34.8 Å². The lowest BCUT2D eigenvalue weighted by molar-refractivity contribution is -0.117. The second-order valence-corrected chi connectivity index (χ2v) is 7.22. The average Bonchev–Trinajstić information content (AvgIpc) is 3.36. The van der Waals surface area contributed by atoms with Crippen molar-refractivity contribution < 1.29 is 14.0 Å². The van der Waals surface area contributed by atoms with E-state index in [0.717, 1.165) is 17.7 Å². The molecule has 1 aliphatic heterocycles. The summed E-state index contributed by atoms with van der Waals surface area (Å²) in [5, 5.41) is 3.49. The summed E-state index contributed by atoms with van der Waals surface area (Å²) in [6.07, 6.45) is 3.56. The van der Waals surface area contributed by atoms with Crippen LogP contribution in [-0.4, -0.2) is 23.3 Å². The van der Waals surface area contributed by atoms with Gasteiger partial charge in [0, 0.05) is 31.4 Å². The first kappa shape index (κ1) is 19.2. The van der Waals surface area contributed by atoms with E-state index in [4.69, 9.17) is 16.0 Å². The number of hydrogen-bond donors (Lipinski definition) is 1. The molecular formula is C22H20ClN3O3. The van der Waals surface area contributed by atoms with E-state index in [1.165, 1.54) is 0 Å². The molecule has 2 amide bonds. The summed E-state index contributed by atoms with van der Waals surface area (Å²) in [7, 11) is 0. The molecule has 2 heterocycles. The van der Waals surface area contributed by atoms with Crippen LogP contribution in [0.1, 0.15) is 25.2 Å². The van der Waals surface area contributed by atoms with E-state index in [1.807, 2.05) is 36.4 Å².